The molecular weight excluding hydrogens is 628 g/mol. The molecule has 6 aromatic heterocycles. The zero-order valence-electron chi connectivity index (χ0n) is 30.3. The van der Waals surface area contributed by atoms with Crippen LogP contribution in [0.3, 0.4) is 0 Å². The van der Waals surface area contributed by atoms with Crippen molar-refractivity contribution >= 4 is 33.4 Å². The van der Waals surface area contributed by atoms with Crippen molar-refractivity contribution < 1.29 is 9.59 Å². The Morgan fingerprint density at radius 1 is 0.640 bits per heavy atom. The summed E-state index contributed by atoms with van der Waals surface area (Å²) in [6, 6.07) is 3.84. The molecule has 0 aliphatic heterocycles. The molecule has 0 unspecified atom stereocenters. The molecule has 12 nitrogen and oxygen atoms in total. The molecule has 1 fully saturated rings. The van der Waals surface area contributed by atoms with Crippen LogP contribution in [0.1, 0.15) is 93.9 Å². The van der Waals surface area contributed by atoms with Crippen LogP contribution in [0.2, 0.25) is 0 Å². The maximum absolute atomic E-state index is 12.8. The third-order valence-corrected chi connectivity index (χ3v) is 8.19. The molecule has 1 aliphatic carbocycles. The Balaban J connectivity index is 0.000000174. The summed E-state index contributed by atoms with van der Waals surface area (Å²) < 4.78 is 3.79. The second-order valence-corrected chi connectivity index (χ2v) is 15.5. The van der Waals surface area contributed by atoms with Crippen molar-refractivity contribution in [3.63, 3.8) is 0 Å². The average Bonchev–Trinajstić information content (AvgIpc) is 3.76. The molecule has 50 heavy (non-hydrogen) atoms. The van der Waals surface area contributed by atoms with Crippen molar-refractivity contribution in [3.05, 3.63) is 72.4 Å². The highest BCUT2D eigenvalue weighted by atomic mass is 16.1. The highest BCUT2D eigenvalue weighted by Crippen LogP contribution is 2.35. The van der Waals surface area contributed by atoms with E-state index in [1.807, 2.05) is 41.5 Å². The normalized spacial score (nSPS) is 13.4. The summed E-state index contributed by atoms with van der Waals surface area (Å²) in [6.07, 6.45) is 12.5. The number of fused-ring (bicyclic) bond motifs is 2. The van der Waals surface area contributed by atoms with E-state index >= 15 is 0 Å². The number of hydrogen-bond donors (Lipinski definition) is 0. The summed E-state index contributed by atoms with van der Waals surface area (Å²) in [5.41, 5.74) is 6.09. The molecule has 1 aliphatic rings. The van der Waals surface area contributed by atoms with Crippen LogP contribution in [0.5, 0.6) is 0 Å². The van der Waals surface area contributed by atoms with Gasteiger partial charge in [-0.3, -0.25) is 28.9 Å². The average molecular weight is 673 g/mol. The highest BCUT2D eigenvalue weighted by Gasteiger charge is 2.34. The van der Waals surface area contributed by atoms with Gasteiger partial charge >= 0.3 is 0 Å². The second kappa shape index (κ2) is 13.2. The van der Waals surface area contributed by atoms with E-state index in [4.69, 9.17) is 0 Å². The van der Waals surface area contributed by atoms with Crippen molar-refractivity contribution in [1.29, 1.82) is 0 Å². The van der Waals surface area contributed by atoms with Crippen molar-refractivity contribution in [2.45, 2.75) is 88.2 Å². The van der Waals surface area contributed by atoms with E-state index in [9.17, 15) is 9.59 Å². The van der Waals surface area contributed by atoms with Gasteiger partial charge in [0, 0.05) is 72.6 Å². The maximum Gasteiger partial charge on any atom is 0.186 e. The minimum absolute atomic E-state index is 0.0510. The minimum Gasteiger partial charge on any atom is -0.293 e. The summed E-state index contributed by atoms with van der Waals surface area (Å²) in [6.45, 7) is 19.6. The molecular formula is C38H44N10O2. The van der Waals surface area contributed by atoms with Crippen molar-refractivity contribution in [3.8, 4) is 22.5 Å². The number of pyridine rings is 2. The Bertz CT molecular complexity index is 2200. The van der Waals surface area contributed by atoms with E-state index in [1.165, 1.54) is 6.92 Å². The molecule has 0 spiro atoms. The predicted octanol–water partition coefficient (Wildman–Crippen LogP) is 7.28. The van der Waals surface area contributed by atoms with Gasteiger partial charge < -0.3 is 0 Å². The molecule has 0 aromatic carbocycles. The van der Waals surface area contributed by atoms with Crippen molar-refractivity contribution in [2.75, 3.05) is 0 Å². The van der Waals surface area contributed by atoms with E-state index in [2.05, 4.69) is 81.6 Å². The van der Waals surface area contributed by atoms with Crippen molar-refractivity contribution in [2.24, 2.45) is 16.7 Å². The van der Waals surface area contributed by atoms with Gasteiger partial charge in [0.1, 0.15) is 23.0 Å². The first-order valence-corrected chi connectivity index (χ1v) is 16.9. The lowest BCUT2D eigenvalue weighted by Crippen LogP contribution is -2.17. The van der Waals surface area contributed by atoms with Gasteiger partial charge in [0.2, 0.25) is 0 Å². The molecule has 0 radical (unpaired) electrons. The molecule has 6 aromatic rings. The molecule has 258 valence electrons. The number of carbonyl (C=O) groups excluding carboxylic acids is 2. The third-order valence-electron chi connectivity index (χ3n) is 8.19. The number of rotatable bonds is 7. The number of carbonyl (C=O) groups is 2. The van der Waals surface area contributed by atoms with Crippen LogP contribution in [0, 0.1) is 30.6 Å². The molecule has 0 amide bonds. The first kappa shape index (κ1) is 34.6. The van der Waals surface area contributed by atoms with Gasteiger partial charge in [-0.25, -0.2) is 19.9 Å². The minimum atomic E-state index is -0.0510. The van der Waals surface area contributed by atoms with E-state index < -0.39 is 0 Å². The Morgan fingerprint density at radius 2 is 1.04 bits per heavy atom. The summed E-state index contributed by atoms with van der Waals surface area (Å²) in [5, 5.41) is 10.9. The Labute approximate surface area is 291 Å². The topological polar surface area (TPSA) is 147 Å². The first-order chi connectivity index (χ1) is 23.6. The molecule has 1 saturated carbocycles. The fourth-order valence-corrected chi connectivity index (χ4v) is 5.63. The summed E-state index contributed by atoms with van der Waals surface area (Å²) in [5.74, 6) is 1.67. The number of Topliss-reactive ketones (excluding diaryl/α,β-unsaturated/α-hetero) is 2. The molecule has 0 atom stereocenters. The smallest absolute Gasteiger partial charge is 0.186 e. The Morgan fingerprint density at radius 3 is 1.42 bits per heavy atom. The van der Waals surface area contributed by atoms with Crippen LogP contribution in [-0.4, -0.2) is 61.0 Å². The summed E-state index contributed by atoms with van der Waals surface area (Å²) in [7, 11) is 0. The number of ketones is 2. The number of hydrogen-bond acceptors (Lipinski definition) is 10. The van der Waals surface area contributed by atoms with E-state index in [-0.39, 0.29) is 28.3 Å². The Kier molecular flexibility index (Phi) is 9.15. The van der Waals surface area contributed by atoms with Crippen LogP contribution in [-0.2, 0) is 13.1 Å². The van der Waals surface area contributed by atoms with Gasteiger partial charge in [-0.15, -0.1) is 0 Å². The SMILES string of the molecule is CC(=O)c1nn(CC(C)(C)C)c2cnc(-c3cnc(C)nc3)cc12.Cc1ncc(-c2cc3c(C(=O)C4CC4)nn(CC(C)(C)C)c3cn2)cn1. The quantitative estimate of drug-likeness (QED) is 0.158. The van der Waals surface area contributed by atoms with Crippen LogP contribution in [0.15, 0.2) is 49.3 Å². The lowest BCUT2D eigenvalue weighted by molar-refractivity contribution is 0.0961. The van der Waals surface area contributed by atoms with Crippen LogP contribution in [0.4, 0.5) is 0 Å². The van der Waals surface area contributed by atoms with Crippen LogP contribution >= 0.6 is 0 Å². The monoisotopic (exact) mass is 672 g/mol. The standard InChI is InChI=1S/C20H23N5O.C18H21N5O/c1-12-21-8-14(9-22-12)16-7-15-17(10-23-16)25(11-20(2,3)4)24-18(15)19(26)13-5-6-13;1-11(24)17-14-6-15(13-7-19-12(2)20-8-13)21-9-16(14)23(22-17)10-18(3,4)5/h7-10,13H,5-6,11H2,1-4H3;6-9H,10H2,1-5H3. The molecule has 6 heterocycles. The summed E-state index contributed by atoms with van der Waals surface area (Å²) >= 11 is 0. The lowest BCUT2D eigenvalue weighted by atomic mass is 9.97. The number of aryl methyl sites for hydroxylation is 2. The molecule has 12 heteroatoms. The molecule has 0 bridgehead atoms. The van der Waals surface area contributed by atoms with E-state index in [1.54, 1.807) is 31.0 Å². The van der Waals surface area contributed by atoms with Gasteiger partial charge in [0.15, 0.2) is 11.6 Å². The first-order valence-electron chi connectivity index (χ1n) is 16.9. The fourth-order valence-electron chi connectivity index (χ4n) is 5.63. The number of aromatic nitrogens is 10. The lowest BCUT2D eigenvalue weighted by Gasteiger charge is -2.18. The largest absolute Gasteiger partial charge is 0.293 e. The van der Waals surface area contributed by atoms with Gasteiger partial charge in [-0.1, -0.05) is 41.5 Å². The predicted molar refractivity (Wildman–Crippen MR) is 193 cm³/mol. The number of nitrogens with zero attached hydrogens (tertiary/aromatic N) is 10. The fraction of sp³-hybridized carbons (Fsp3) is 0.421. The molecule has 0 saturated heterocycles. The highest BCUT2D eigenvalue weighted by molar-refractivity contribution is 6.08. The van der Waals surface area contributed by atoms with E-state index in [0.29, 0.717) is 23.8 Å². The van der Waals surface area contributed by atoms with Crippen LogP contribution < -0.4 is 0 Å². The molecule has 0 N–H and O–H groups in total. The summed E-state index contributed by atoms with van der Waals surface area (Å²) in [4.78, 5) is 50.8. The third kappa shape index (κ3) is 7.79. The molecule has 7 rings (SSSR count). The van der Waals surface area contributed by atoms with Crippen molar-refractivity contribution in [1.82, 2.24) is 49.5 Å². The zero-order chi connectivity index (χ0) is 36.0. The Hall–Kier alpha value is -5.26. The zero-order valence-corrected chi connectivity index (χ0v) is 30.3. The second-order valence-electron chi connectivity index (χ2n) is 15.5. The van der Waals surface area contributed by atoms with Gasteiger partial charge in [0.05, 0.1) is 34.8 Å². The van der Waals surface area contributed by atoms with Gasteiger partial charge in [-0.2, -0.15) is 10.2 Å². The van der Waals surface area contributed by atoms with E-state index in [0.717, 1.165) is 69.5 Å². The van der Waals surface area contributed by atoms with Crippen LogP contribution in [0.25, 0.3) is 44.3 Å². The van der Waals surface area contributed by atoms with Gasteiger partial charge in [-0.05, 0) is 49.7 Å². The maximum atomic E-state index is 12.8. The van der Waals surface area contributed by atoms with Gasteiger partial charge in [0.25, 0.3) is 0 Å².